The third-order valence-corrected chi connectivity index (χ3v) is 6.03. The van der Waals surface area contributed by atoms with E-state index in [0.29, 0.717) is 0 Å². The van der Waals surface area contributed by atoms with Crippen LogP contribution in [-0.4, -0.2) is 4.98 Å². The van der Waals surface area contributed by atoms with Crippen LogP contribution in [0.3, 0.4) is 0 Å². The number of H-pyrrole nitrogens is 1. The summed E-state index contributed by atoms with van der Waals surface area (Å²) in [5.41, 5.74) is 9.31. The minimum atomic E-state index is 1.07. The lowest BCUT2D eigenvalue weighted by Gasteiger charge is -2.14. The van der Waals surface area contributed by atoms with Gasteiger partial charge in [0.05, 0.1) is 5.52 Å². The maximum atomic E-state index is 3.63. The van der Waals surface area contributed by atoms with Crippen molar-refractivity contribution in [2.45, 2.75) is 0 Å². The first kappa shape index (κ1) is 18.5. The highest BCUT2D eigenvalue weighted by atomic mass is 14.9. The third-order valence-electron chi connectivity index (χ3n) is 6.03. The predicted molar refractivity (Wildman–Crippen MR) is 136 cm³/mol. The molecule has 1 aromatic heterocycles. The minimum absolute atomic E-state index is 1.07. The SMILES string of the molecule is c1ccc(-c2ccc(Nc3ccccc3-c3cccc4c3[nH]c3ccccc34)cc2)cc1. The van der Waals surface area contributed by atoms with E-state index in [0.717, 1.165) is 16.9 Å². The fourth-order valence-corrected chi connectivity index (χ4v) is 4.46. The molecule has 0 saturated heterocycles. The summed E-state index contributed by atoms with van der Waals surface area (Å²) < 4.78 is 0. The summed E-state index contributed by atoms with van der Waals surface area (Å²) in [4.78, 5) is 3.63. The van der Waals surface area contributed by atoms with Crippen LogP contribution in [0.25, 0.3) is 44.1 Å². The lowest BCUT2D eigenvalue weighted by Crippen LogP contribution is -1.94. The summed E-state index contributed by atoms with van der Waals surface area (Å²) in [6.07, 6.45) is 0. The molecule has 152 valence electrons. The van der Waals surface area contributed by atoms with E-state index in [4.69, 9.17) is 0 Å². The van der Waals surface area contributed by atoms with Crippen LogP contribution in [0.15, 0.2) is 121 Å². The van der Waals surface area contributed by atoms with Gasteiger partial charge in [0.15, 0.2) is 0 Å². The number of anilines is 2. The second-order valence-corrected chi connectivity index (χ2v) is 8.01. The number of nitrogens with one attached hydrogen (secondary N) is 2. The predicted octanol–water partition coefficient (Wildman–Crippen LogP) is 8.40. The maximum absolute atomic E-state index is 3.63. The van der Waals surface area contributed by atoms with Gasteiger partial charge in [-0.05, 0) is 35.4 Å². The van der Waals surface area contributed by atoms with Crippen molar-refractivity contribution in [3.05, 3.63) is 121 Å². The van der Waals surface area contributed by atoms with Crippen LogP contribution in [0.5, 0.6) is 0 Å². The Balaban J connectivity index is 1.40. The first-order valence-electron chi connectivity index (χ1n) is 10.9. The van der Waals surface area contributed by atoms with Gasteiger partial charge >= 0.3 is 0 Å². The number of benzene rings is 5. The lowest BCUT2D eigenvalue weighted by atomic mass is 10.00. The molecule has 0 bridgehead atoms. The molecule has 0 amide bonds. The largest absolute Gasteiger partial charge is 0.355 e. The number of rotatable bonds is 4. The molecule has 0 aliphatic carbocycles. The van der Waals surface area contributed by atoms with Gasteiger partial charge in [-0.15, -0.1) is 0 Å². The molecule has 0 radical (unpaired) electrons. The van der Waals surface area contributed by atoms with Crippen molar-refractivity contribution >= 4 is 33.2 Å². The molecule has 0 spiro atoms. The molecular formula is C30H22N2. The molecule has 0 unspecified atom stereocenters. The molecule has 0 aliphatic rings. The Bertz CT molecular complexity index is 1530. The average Bonchev–Trinajstić information content (AvgIpc) is 3.24. The second kappa shape index (κ2) is 7.75. The second-order valence-electron chi connectivity index (χ2n) is 8.01. The molecule has 6 aromatic rings. The number of aromatic nitrogens is 1. The standard InChI is InChI=1S/C30H22N2/c1-2-9-21(10-3-1)22-17-19-23(20-18-22)31-28-15-6-4-11-24(28)26-13-8-14-27-25-12-5-7-16-29(25)32-30(26)27/h1-20,31-32H. The van der Waals surface area contributed by atoms with Crippen molar-refractivity contribution in [2.24, 2.45) is 0 Å². The molecule has 2 N–H and O–H groups in total. The van der Waals surface area contributed by atoms with Gasteiger partial charge in [-0.2, -0.15) is 0 Å². The van der Waals surface area contributed by atoms with Gasteiger partial charge in [-0.3, -0.25) is 0 Å². The number of para-hydroxylation sites is 3. The molecule has 1 heterocycles. The molecule has 32 heavy (non-hydrogen) atoms. The zero-order valence-corrected chi connectivity index (χ0v) is 17.5. The Morgan fingerprint density at radius 2 is 1.12 bits per heavy atom. The molecule has 0 fully saturated rings. The van der Waals surface area contributed by atoms with Crippen molar-refractivity contribution < 1.29 is 0 Å². The maximum Gasteiger partial charge on any atom is 0.0545 e. The van der Waals surface area contributed by atoms with E-state index >= 15 is 0 Å². The number of aromatic amines is 1. The van der Waals surface area contributed by atoms with Crippen LogP contribution in [0.2, 0.25) is 0 Å². The van der Waals surface area contributed by atoms with Crippen LogP contribution in [-0.2, 0) is 0 Å². The van der Waals surface area contributed by atoms with Gasteiger partial charge in [0, 0.05) is 38.8 Å². The topological polar surface area (TPSA) is 27.8 Å². The highest BCUT2D eigenvalue weighted by Gasteiger charge is 2.12. The molecule has 0 aliphatic heterocycles. The zero-order valence-electron chi connectivity index (χ0n) is 17.5. The van der Waals surface area contributed by atoms with Crippen molar-refractivity contribution in [3.63, 3.8) is 0 Å². The van der Waals surface area contributed by atoms with Gasteiger partial charge in [-0.25, -0.2) is 0 Å². The third kappa shape index (κ3) is 3.23. The van der Waals surface area contributed by atoms with Gasteiger partial charge in [-0.1, -0.05) is 97.1 Å². The Morgan fingerprint density at radius 1 is 0.469 bits per heavy atom. The zero-order chi connectivity index (χ0) is 21.3. The first-order chi connectivity index (χ1) is 15.9. The molecule has 5 aromatic carbocycles. The summed E-state index contributed by atoms with van der Waals surface area (Å²) in [6.45, 7) is 0. The highest BCUT2D eigenvalue weighted by molar-refractivity contribution is 6.12. The molecule has 0 saturated carbocycles. The quantitative estimate of drug-likeness (QED) is 0.300. The molecule has 2 nitrogen and oxygen atoms in total. The van der Waals surface area contributed by atoms with E-state index in [1.807, 2.05) is 6.07 Å². The molecule has 0 atom stereocenters. The highest BCUT2D eigenvalue weighted by Crippen LogP contribution is 2.37. The van der Waals surface area contributed by atoms with Crippen LogP contribution < -0.4 is 5.32 Å². The van der Waals surface area contributed by atoms with E-state index in [2.05, 4.69) is 126 Å². The summed E-state index contributed by atoms with van der Waals surface area (Å²) in [7, 11) is 0. The van der Waals surface area contributed by atoms with Crippen molar-refractivity contribution in [1.82, 2.24) is 4.98 Å². The van der Waals surface area contributed by atoms with Crippen molar-refractivity contribution in [3.8, 4) is 22.3 Å². The molecule has 6 rings (SSSR count). The Morgan fingerprint density at radius 3 is 2.00 bits per heavy atom. The molecular weight excluding hydrogens is 388 g/mol. The van der Waals surface area contributed by atoms with Crippen molar-refractivity contribution in [2.75, 3.05) is 5.32 Å². The number of hydrogen-bond acceptors (Lipinski definition) is 1. The van der Waals surface area contributed by atoms with Gasteiger partial charge in [0.25, 0.3) is 0 Å². The lowest BCUT2D eigenvalue weighted by molar-refractivity contribution is 1.51. The van der Waals surface area contributed by atoms with Gasteiger partial charge in [0.1, 0.15) is 0 Å². The van der Waals surface area contributed by atoms with E-state index in [1.165, 1.54) is 38.5 Å². The van der Waals surface area contributed by atoms with Gasteiger partial charge < -0.3 is 10.3 Å². The van der Waals surface area contributed by atoms with Crippen LogP contribution in [0, 0.1) is 0 Å². The van der Waals surface area contributed by atoms with E-state index in [-0.39, 0.29) is 0 Å². The van der Waals surface area contributed by atoms with E-state index in [1.54, 1.807) is 0 Å². The summed E-state index contributed by atoms with van der Waals surface area (Å²) in [5, 5.41) is 6.14. The summed E-state index contributed by atoms with van der Waals surface area (Å²) in [5.74, 6) is 0. The Kier molecular flexibility index (Phi) is 4.47. The van der Waals surface area contributed by atoms with Crippen LogP contribution in [0.4, 0.5) is 11.4 Å². The summed E-state index contributed by atoms with van der Waals surface area (Å²) >= 11 is 0. The van der Waals surface area contributed by atoms with E-state index < -0.39 is 0 Å². The molecule has 2 heteroatoms. The fraction of sp³-hybridized carbons (Fsp3) is 0. The fourth-order valence-electron chi connectivity index (χ4n) is 4.46. The first-order valence-corrected chi connectivity index (χ1v) is 10.9. The van der Waals surface area contributed by atoms with E-state index in [9.17, 15) is 0 Å². The normalized spacial score (nSPS) is 11.1. The monoisotopic (exact) mass is 410 g/mol. The number of hydrogen-bond donors (Lipinski definition) is 2. The average molecular weight is 411 g/mol. The Hall–Kier alpha value is -4.30. The van der Waals surface area contributed by atoms with Crippen molar-refractivity contribution in [1.29, 1.82) is 0 Å². The Labute approximate surface area is 187 Å². The van der Waals surface area contributed by atoms with Crippen LogP contribution in [0.1, 0.15) is 0 Å². The van der Waals surface area contributed by atoms with Gasteiger partial charge in [0.2, 0.25) is 0 Å². The summed E-state index contributed by atoms with van der Waals surface area (Å²) in [6, 6.07) is 42.6. The minimum Gasteiger partial charge on any atom is -0.355 e. The number of fused-ring (bicyclic) bond motifs is 3. The smallest absolute Gasteiger partial charge is 0.0545 e. The van der Waals surface area contributed by atoms with Crippen LogP contribution >= 0.6 is 0 Å².